The van der Waals surface area contributed by atoms with Crippen LogP contribution in [0.15, 0.2) is 30.3 Å². The monoisotopic (exact) mass is 287 g/mol. The van der Waals surface area contributed by atoms with E-state index in [0.717, 1.165) is 58.5 Å². The second-order valence-electron chi connectivity index (χ2n) is 6.10. The number of rotatable bonds is 3. The number of carbonyl (C=O) groups is 1. The highest BCUT2D eigenvalue weighted by molar-refractivity contribution is 5.81. The summed E-state index contributed by atoms with van der Waals surface area (Å²) < 4.78 is 0. The normalized spacial score (nSPS) is 25.3. The van der Waals surface area contributed by atoms with Crippen molar-refractivity contribution in [1.29, 1.82) is 0 Å². The summed E-state index contributed by atoms with van der Waals surface area (Å²) in [6.07, 6.45) is 3.30. The zero-order valence-electron chi connectivity index (χ0n) is 12.6. The van der Waals surface area contributed by atoms with Crippen LogP contribution < -0.4 is 5.32 Å². The molecule has 2 saturated heterocycles. The van der Waals surface area contributed by atoms with Crippen LogP contribution in [0.5, 0.6) is 0 Å². The topological polar surface area (TPSA) is 35.6 Å². The summed E-state index contributed by atoms with van der Waals surface area (Å²) in [5.74, 6) is 0.240. The Morgan fingerprint density at radius 3 is 2.57 bits per heavy atom. The molecule has 1 amide bonds. The molecule has 4 nitrogen and oxygen atoms in total. The number of nitrogens with zero attached hydrogens (tertiary/aromatic N) is 2. The summed E-state index contributed by atoms with van der Waals surface area (Å²) in [6.45, 7) is 5.99. The molecule has 1 unspecified atom stereocenters. The van der Waals surface area contributed by atoms with Crippen molar-refractivity contribution in [2.24, 2.45) is 0 Å². The minimum Gasteiger partial charge on any atom is -0.355 e. The van der Waals surface area contributed by atoms with Crippen LogP contribution >= 0.6 is 0 Å². The van der Waals surface area contributed by atoms with Gasteiger partial charge in [0.2, 0.25) is 5.91 Å². The van der Waals surface area contributed by atoms with Crippen LogP contribution in [0.2, 0.25) is 0 Å². The summed E-state index contributed by atoms with van der Waals surface area (Å²) in [6, 6.07) is 10.7. The van der Waals surface area contributed by atoms with Crippen molar-refractivity contribution in [3.8, 4) is 0 Å². The van der Waals surface area contributed by atoms with Gasteiger partial charge in [0.25, 0.3) is 0 Å². The van der Waals surface area contributed by atoms with E-state index in [-0.39, 0.29) is 11.9 Å². The van der Waals surface area contributed by atoms with Crippen molar-refractivity contribution in [2.45, 2.75) is 31.8 Å². The Morgan fingerprint density at radius 1 is 1.05 bits per heavy atom. The van der Waals surface area contributed by atoms with Crippen molar-refractivity contribution in [2.75, 3.05) is 32.7 Å². The molecule has 0 aromatic heterocycles. The van der Waals surface area contributed by atoms with Gasteiger partial charge in [-0.25, -0.2) is 0 Å². The lowest BCUT2D eigenvalue weighted by Crippen LogP contribution is -2.54. The van der Waals surface area contributed by atoms with Crippen molar-refractivity contribution < 1.29 is 4.79 Å². The fourth-order valence-electron chi connectivity index (χ4n) is 3.35. The van der Waals surface area contributed by atoms with Crippen molar-refractivity contribution in [1.82, 2.24) is 15.1 Å². The van der Waals surface area contributed by atoms with Gasteiger partial charge in [0.05, 0.1) is 6.04 Å². The maximum atomic E-state index is 12.1. The summed E-state index contributed by atoms with van der Waals surface area (Å²) >= 11 is 0. The molecule has 0 saturated carbocycles. The first-order valence-electron chi connectivity index (χ1n) is 8.11. The van der Waals surface area contributed by atoms with Gasteiger partial charge in [-0.15, -0.1) is 0 Å². The third-order valence-electron chi connectivity index (χ3n) is 4.60. The molecule has 2 aliphatic rings. The van der Waals surface area contributed by atoms with Gasteiger partial charge in [0.1, 0.15) is 0 Å². The Hall–Kier alpha value is -1.39. The first-order valence-corrected chi connectivity index (χ1v) is 8.11. The second-order valence-corrected chi connectivity index (χ2v) is 6.10. The van der Waals surface area contributed by atoms with Crippen molar-refractivity contribution >= 4 is 5.91 Å². The van der Waals surface area contributed by atoms with E-state index in [9.17, 15) is 4.79 Å². The van der Waals surface area contributed by atoms with E-state index in [1.807, 2.05) is 0 Å². The molecule has 2 heterocycles. The third kappa shape index (κ3) is 3.83. The molecule has 21 heavy (non-hydrogen) atoms. The van der Waals surface area contributed by atoms with Gasteiger partial charge in [-0.3, -0.25) is 14.6 Å². The molecule has 0 aliphatic carbocycles. The quantitative estimate of drug-likeness (QED) is 0.914. The van der Waals surface area contributed by atoms with Gasteiger partial charge < -0.3 is 5.32 Å². The van der Waals surface area contributed by atoms with E-state index >= 15 is 0 Å². The highest BCUT2D eigenvalue weighted by Crippen LogP contribution is 2.16. The lowest BCUT2D eigenvalue weighted by atomic mass is 10.1. The number of hydrogen-bond donors (Lipinski definition) is 1. The minimum atomic E-state index is 0.103. The van der Waals surface area contributed by atoms with Crippen LogP contribution in [-0.4, -0.2) is 54.5 Å². The summed E-state index contributed by atoms with van der Waals surface area (Å²) in [4.78, 5) is 17.0. The molecule has 1 aromatic carbocycles. The standard InChI is InChI=1S/C17H25N3O/c21-17-16(8-4-5-9-18-17)20-12-10-19(11-13-20)14-15-6-2-1-3-7-15/h1-3,6-7,16H,4-5,8-14H2,(H,18,21). The molecule has 3 rings (SSSR count). The Morgan fingerprint density at radius 2 is 1.81 bits per heavy atom. The van der Waals surface area contributed by atoms with Gasteiger partial charge in [-0.05, 0) is 24.8 Å². The lowest BCUT2D eigenvalue weighted by molar-refractivity contribution is -0.126. The average Bonchev–Trinajstić information content (AvgIpc) is 2.74. The molecular weight excluding hydrogens is 262 g/mol. The number of benzene rings is 1. The number of amides is 1. The second kappa shape index (κ2) is 7.05. The summed E-state index contributed by atoms with van der Waals surface area (Å²) in [7, 11) is 0. The Bertz CT molecular complexity index is 454. The fraction of sp³-hybridized carbons (Fsp3) is 0.588. The number of nitrogens with one attached hydrogen (secondary N) is 1. The van der Waals surface area contributed by atoms with Crippen molar-refractivity contribution in [3.05, 3.63) is 35.9 Å². The first-order chi connectivity index (χ1) is 10.3. The smallest absolute Gasteiger partial charge is 0.237 e. The molecule has 1 N–H and O–H groups in total. The summed E-state index contributed by atoms with van der Waals surface area (Å²) in [5.41, 5.74) is 1.37. The molecular formula is C17H25N3O. The largest absolute Gasteiger partial charge is 0.355 e. The average molecular weight is 287 g/mol. The molecule has 4 heteroatoms. The predicted molar refractivity (Wildman–Crippen MR) is 83.9 cm³/mol. The van der Waals surface area contributed by atoms with E-state index in [0.29, 0.717) is 0 Å². The molecule has 114 valence electrons. The maximum Gasteiger partial charge on any atom is 0.237 e. The van der Waals surface area contributed by atoms with Gasteiger partial charge in [0, 0.05) is 39.3 Å². The SMILES string of the molecule is O=C1NCCCCC1N1CCN(Cc2ccccc2)CC1. The van der Waals surface area contributed by atoms with Crippen molar-refractivity contribution in [3.63, 3.8) is 0 Å². The first kappa shape index (κ1) is 14.5. The Kier molecular flexibility index (Phi) is 4.88. The van der Waals surface area contributed by atoms with E-state index in [2.05, 4.69) is 45.4 Å². The molecule has 0 bridgehead atoms. The van der Waals surface area contributed by atoms with Crippen LogP contribution in [0.25, 0.3) is 0 Å². The van der Waals surface area contributed by atoms with E-state index < -0.39 is 0 Å². The van der Waals surface area contributed by atoms with Gasteiger partial charge in [-0.1, -0.05) is 30.3 Å². The summed E-state index contributed by atoms with van der Waals surface area (Å²) in [5, 5.41) is 3.05. The highest BCUT2D eigenvalue weighted by atomic mass is 16.2. The molecule has 1 atom stereocenters. The van der Waals surface area contributed by atoms with Gasteiger partial charge in [0.15, 0.2) is 0 Å². The molecule has 2 aliphatic heterocycles. The molecule has 1 aromatic rings. The van der Waals surface area contributed by atoms with E-state index in [1.54, 1.807) is 0 Å². The number of piperazine rings is 1. The lowest BCUT2D eigenvalue weighted by Gasteiger charge is -2.38. The third-order valence-corrected chi connectivity index (χ3v) is 4.60. The van der Waals surface area contributed by atoms with Crippen LogP contribution in [0.4, 0.5) is 0 Å². The zero-order valence-corrected chi connectivity index (χ0v) is 12.6. The molecule has 0 radical (unpaired) electrons. The fourth-order valence-corrected chi connectivity index (χ4v) is 3.35. The van der Waals surface area contributed by atoms with Crippen LogP contribution in [0.1, 0.15) is 24.8 Å². The van der Waals surface area contributed by atoms with Gasteiger partial charge in [-0.2, -0.15) is 0 Å². The van der Waals surface area contributed by atoms with E-state index in [1.165, 1.54) is 5.56 Å². The molecule has 2 fully saturated rings. The maximum absolute atomic E-state index is 12.1. The number of carbonyl (C=O) groups excluding carboxylic acids is 1. The minimum absolute atomic E-state index is 0.103. The molecule has 0 spiro atoms. The number of hydrogen-bond acceptors (Lipinski definition) is 3. The Labute approximate surface area is 127 Å². The zero-order chi connectivity index (χ0) is 14.5. The van der Waals surface area contributed by atoms with Crippen LogP contribution in [0.3, 0.4) is 0 Å². The van der Waals surface area contributed by atoms with Crippen LogP contribution in [-0.2, 0) is 11.3 Å². The van der Waals surface area contributed by atoms with Gasteiger partial charge >= 0.3 is 0 Å². The predicted octanol–water partition coefficient (Wildman–Crippen LogP) is 1.47. The van der Waals surface area contributed by atoms with E-state index in [4.69, 9.17) is 0 Å². The van der Waals surface area contributed by atoms with Crippen LogP contribution in [0, 0.1) is 0 Å². The highest BCUT2D eigenvalue weighted by Gasteiger charge is 2.29. The Balaban J connectivity index is 1.51.